The number of carbonyl (C=O) groups is 3. The van der Waals surface area contributed by atoms with Crippen LogP contribution in [-0.4, -0.2) is 36.4 Å². The molecule has 5 heteroatoms. The first kappa shape index (κ1) is 15.0. The topological polar surface area (TPSA) is 69.7 Å². The van der Waals surface area contributed by atoms with Crippen LogP contribution in [-0.2, 0) is 23.9 Å². The molecule has 102 valence electrons. The van der Waals surface area contributed by atoms with E-state index in [9.17, 15) is 14.4 Å². The minimum absolute atomic E-state index is 0.0763. The Balaban J connectivity index is 2.78. The molecule has 0 aromatic heterocycles. The van der Waals surface area contributed by atoms with Crippen LogP contribution < -0.4 is 0 Å². The van der Waals surface area contributed by atoms with Crippen LogP contribution in [0.2, 0.25) is 0 Å². The monoisotopic (exact) mass is 256 g/mol. The number of ether oxygens (including phenoxy) is 2. The van der Waals surface area contributed by atoms with E-state index < -0.39 is 23.6 Å². The fourth-order valence-electron chi connectivity index (χ4n) is 1.92. The number of ketones is 2. The molecular formula is C13H20O5. The maximum Gasteiger partial charge on any atom is 0.224 e. The van der Waals surface area contributed by atoms with Gasteiger partial charge in [0.15, 0.2) is 12.1 Å². The van der Waals surface area contributed by atoms with E-state index in [1.165, 1.54) is 0 Å². The minimum Gasteiger partial charge on any atom is -0.350 e. The molecule has 1 heterocycles. The number of aldehydes is 1. The van der Waals surface area contributed by atoms with Crippen LogP contribution in [0.5, 0.6) is 0 Å². The Morgan fingerprint density at radius 3 is 2.61 bits per heavy atom. The van der Waals surface area contributed by atoms with Crippen LogP contribution in [0.1, 0.15) is 40.0 Å². The molecule has 1 saturated heterocycles. The second-order valence-electron chi connectivity index (χ2n) is 4.95. The summed E-state index contributed by atoms with van der Waals surface area (Å²) < 4.78 is 10.8. The highest BCUT2D eigenvalue weighted by Gasteiger charge is 2.43. The zero-order valence-electron chi connectivity index (χ0n) is 11.1. The average Bonchev–Trinajstić information content (AvgIpc) is 2.33. The maximum atomic E-state index is 12.0. The first-order chi connectivity index (χ1) is 8.41. The van der Waals surface area contributed by atoms with Crippen molar-refractivity contribution in [2.45, 2.75) is 51.9 Å². The minimum atomic E-state index is -1.00. The second kappa shape index (κ2) is 6.20. The van der Waals surface area contributed by atoms with Gasteiger partial charge in [-0.3, -0.25) is 14.4 Å². The van der Waals surface area contributed by atoms with Gasteiger partial charge >= 0.3 is 0 Å². The summed E-state index contributed by atoms with van der Waals surface area (Å²) in [5, 5.41) is 0. The molecule has 2 atom stereocenters. The summed E-state index contributed by atoms with van der Waals surface area (Å²) in [5.41, 5.74) is 0. The Kier molecular flexibility index (Phi) is 5.16. The summed E-state index contributed by atoms with van der Waals surface area (Å²) in [6.45, 7) is 5.42. The summed E-state index contributed by atoms with van der Waals surface area (Å²) in [6, 6.07) is 0. The summed E-state index contributed by atoms with van der Waals surface area (Å²) in [7, 11) is 0. The SMILES string of the molecule is CCCCC(=O)C1COC(C)(C)OC1C(=O)C=O. The van der Waals surface area contributed by atoms with Crippen LogP contribution in [0.4, 0.5) is 0 Å². The molecule has 0 radical (unpaired) electrons. The summed E-state index contributed by atoms with van der Waals surface area (Å²) in [6.07, 6.45) is 1.26. The highest BCUT2D eigenvalue weighted by molar-refractivity contribution is 6.27. The van der Waals surface area contributed by atoms with Crippen LogP contribution in [0.15, 0.2) is 0 Å². The van der Waals surface area contributed by atoms with Gasteiger partial charge in [-0.2, -0.15) is 0 Å². The van der Waals surface area contributed by atoms with Crippen LogP contribution >= 0.6 is 0 Å². The van der Waals surface area contributed by atoms with Crippen molar-refractivity contribution in [1.29, 1.82) is 0 Å². The van der Waals surface area contributed by atoms with Gasteiger partial charge in [0.2, 0.25) is 5.78 Å². The quantitative estimate of drug-likeness (QED) is 0.529. The van der Waals surface area contributed by atoms with Crippen molar-refractivity contribution in [3.05, 3.63) is 0 Å². The highest BCUT2D eigenvalue weighted by atomic mass is 16.7. The zero-order valence-corrected chi connectivity index (χ0v) is 11.1. The summed E-state index contributed by atoms with van der Waals surface area (Å²) in [4.78, 5) is 34.1. The van der Waals surface area contributed by atoms with Crippen molar-refractivity contribution >= 4 is 17.9 Å². The first-order valence-electron chi connectivity index (χ1n) is 6.24. The molecule has 0 aromatic carbocycles. The number of rotatable bonds is 6. The average molecular weight is 256 g/mol. The van der Waals surface area contributed by atoms with Crippen molar-refractivity contribution in [1.82, 2.24) is 0 Å². The number of unbranched alkanes of at least 4 members (excludes halogenated alkanes) is 1. The van der Waals surface area contributed by atoms with Gasteiger partial charge in [-0.05, 0) is 20.3 Å². The Hall–Kier alpha value is -1.07. The predicted octanol–water partition coefficient (Wildman–Crippen LogP) is 1.28. The lowest BCUT2D eigenvalue weighted by Gasteiger charge is -2.39. The number of hydrogen-bond acceptors (Lipinski definition) is 5. The molecule has 2 unspecified atom stereocenters. The lowest BCUT2D eigenvalue weighted by Crippen LogP contribution is -2.52. The molecule has 0 saturated carbocycles. The van der Waals surface area contributed by atoms with Crippen molar-refractivity contribution in [2.75, 3.05) is 6.61 Å². The van der Waals surface area contributed by atoms with Gasteiger partial charge in [-0.25, -0.2) is 0 Å². The molecule has 1 aliphatic heterocycles. The Bertz CT molecular complexity index is 334. The van der Waals surface area contributed by atoms with E-state index in [-0.39, 0.29) is 18.7 Å². The molecule has 0 bridgehead atoms. The molecule has 18 heavy (non-hydrogen) atoms. The fourth-order valence-corrected chi connectivity index (χ4v) is 1.92. The third kappa shape index (κ3) is 3.71. The lowest BCUT2D eigenvalue weighted by atomic mass is 9.91. The fraction of sp³-hybridized carbons (Fsp3) is 0.769. The van der Waals surface area contributed by atoms with Gasteiger partial charge in [-0.1, -0.05) is 13.3 Å². The molecule has 0 amide bonds. The Morgan fingerprint density at radius 2 is 2.06 bits per heavy atom. The summed E-state index contributed by atoms with van der Waals surface area (Å²) >= 11 is 0. The van der Waals surface area contributed by atoms with Gasteiger partial charge in [0.25, 0.3) is 0 Å². The molecular weight excluding hydrogens is 236 g/mol. The zero-order chi connectivity index (χ0) is 13.8. The Morgan fingerprint density at radius 1 is 1.39 bits per heavy atom. The van der Waals surface area contributed by atoms with E-state index in [0.717, 1.165) is 12.8 Å². The summed E-state index contributed by atoms with van der Waals surface area (Å²) in [5.74, 6) is -2.37. The van der Waals surface area contributed by atoms with E-state index in [0.29, 0.717) is 6.42 Å². The van der Waals surface area contributed by atoms with E-state index in [2.05, 4.69) is 0 Å². The Labute approximate surface area is 107 Å². The molecule has 0 N–H and O–H groups in total. The third-order valence-corrected chi connectivity index (χ3v) is 2.97. The van der Waals surface area contributed by atoms with Crippen LogP contribution in [0, 0.1) is 5.92 Å². The predicted molar refractivity (Wildman–Crippen MR) is 64.0 cm³/mol. The van der Waals surface area contributed by atoms with E-state index >= 15 is 0 Å². The lowest BCUT2D eigenvalue weighted by molar-refractivity contribution is -0.280. The number of Topliss-reactive ketones (excluding diaryl/α,β-unsaturated/α-hetero) is 2. The van der Waals surface area contributed by atoms with Crippen molar-refractivity contribution < 1.29 is 23.9 Å². The van der Waals surface area contributed by atoms with Crippen molar-refractivity contribution in [3.8, 4) is 0 Å². The van der Waals surface area contributed by atoms with Gasteiger partial charge in [0.05, 0.1) is 12.5 Å². The molecule has 1 fully saturated rings. The van der Waals surface area contributed by atoms with Crippen molar-refractivity contribution in [2.24, 2.45) is 5.92 Å². The van der Waals surface area contributed by atoms with E-state index in [1.54, 1.807) is 13.8 Å². The largest absolute Gasteiger partial charge is 0.350 e. The molecule has 0 aromatic rings. The van der Waals surface area contributed by atoms with Gasteiger partial charge in [-0.15, -0.1) is 0 Å². The van der Waals surface area contributed by atoms with Crippen LogP contribution in [0.3, 0.4) is 0 Å². The molecule has 5 nitrogen and oxygen atoms in total. The van der Waals surface area contributed by atoms with Crippen molar-refractivity contribution in [3.63, 3.8) is 0 Å². The molecule has 1 rings (SSSR count). The van der Waals surface area contributed by atoms with Gasteiger partial charge in [0.1, 0.15) is 11.9 Å². The van der Waals surface area contributed by atoms with Gasteiger partial charge in [0, 0.05) is 6.42 Å². The highest BCUT2D eigenvalue weighted by Crippen LogP contribution is 2.28. The molecule has 0 aliphatic carbocycles. The van der Waals surface area contributed by atoms with Crippen LogP contribution in [0.25, 0.3) is 0 Å². The number of hydrogen-bond donors (Lipinski definition) is 0. The standard InChI is InChI=1S/C13H20O5/c1-4-5-6-10(15)9-8-17-13(2,3)18-12(9)11(16)7-14/h7,9,12H,4-6,8H2,1-3H3. The second-order valence-corrected chi connectivity index (χ2v) is 4.95. The van der Waals surface area contributed by atoms with E-state index in [4.69, 9.17) is 9.47 Å². The smallest absolute Gasteiger partial charge is 0.224 e. The normalized spacial score (nSPS) is 26.6. The van der Waals surface area contributed by atoms with Gasteiger partial charge < -0.3 is 9.47 Å². The molecule has 0 spiro atoms. The third-order valence-electron chi connectivity index (χ3n) is 2.97. The molecule has 1 aliphatic rings. The van der Waals surface area contributed by atoms with E-state index in [1.807, 2.05) is 6.92 Å². The first-order valence-corrected chi connectivity index (χ1v) is 6.24. The maximum absolute atomic E-state index is 12.0. The number of carbonyl (C=O) groups excluding carboxylic acids is 3.